The van der Waals surface area contributed by atoms with Gasteiger partial charge in [0.2, 0.25) is 29.5 Å². The number of terminal acetylenes is 1. The SMILES string of the molecule is C#CCCCC[C@H](C)C[C@@H](C)C(=O)N(C)[C@@H](Cc1ccccc1)C(=O)N[C@@H](C)C(=O)N(C)[C@@H](C)C(=O)N(C)[C@@H](Cc1ccc(OC)cc1)C(N)=O. The number of hydrogen-bond donors (Lipinski definition) is 2. The van der Waals surface area contributed by atoms with Crippen LogP contribution in [0.15, 0.2) is 54.6 Å². The molecule has 6 atom stereocenters. The Morgan fingerprint density at radius 3 is 1.92 bits per heavy atom. The Labute approximate surface area is 304 Å². The zero-order valence-corrected chi connectivity index (χ0v) is 31.6. The molecule has 11 heteroatoms. The first-order valence-corrected chi connectivity index (χ1v) is 17.6. The minimum atomic E-state index is -1.02. The van der Waals surface area contributed by atoms with Crippen LogP contribution in [0.25, 0.3) is 0 Å². The van der Waals surface area contributed by atoms with Crippen LogP contribution in [0, 0.1) is 24.2 Å². The van der Waals surface area contributed by atoms with E-state index in [9.17, 15) is 24.0 Å². The molecule has 0 fully saturated rings. The van der Waals surface area contributed by atoms with Crippen molar-refractivity contribution >= 4 is 29.5 Å². The van der Waals surface area contributed by atoms with E-state index in [1.807, 2.05) is 37.3 Å². The molecule has 0 bridgehead atoms. The summed E-state index contributed by atoms with van der Waals surface area (Å²) in [6.45, 7) is 7.10. The number of nitrogens with zero attached hydrogens (tertiary/aromatic N) is 3. The molecule has 2 rings (SSSR count). The minimum absolute atomic E-state index is 0.154. The van der Waals surface area contributed by atoms with Gasteiger partial charge in [0.25, 0.3) is 0 Å². The zero-order valence-electron chi connectivity index (χ0n) is 31.6. The Morgan fingerprint density at radius 1 is 0.784 bits per heavy atom. The van der Waals surface area contributed by atoms with Crippen LogP contribution in [0.2, 0.25) is 0 Å². The standard InChI is InChI=1S/C40H57N5O6/c1-10-11-12-14-17-27(2)24-28(3)38(48)45(8)35(26-31-18-15-13-16-19-31)37(47)42-29(4)39(49)43(6)30(5)40(50)44(7)34(36(41)46)25-32-20-22-33(51-9)23-21-32/h1,13,15-16,18-23,27-30,34-35H,11-12,14,17,24-26H2,2-9H3,(H2,41,46)(H,42,47)/t27-,28+,29-,30-,34-,35-/m0/s1. The number of carbonyl (C=O) groups is 5. The van der Waals surface area contributed by atoms with Crippen molar-refractivity contribution in [3.63, 3.8) is 0 Å². The quantitative estimate of drug-likeness (QED) is 0.159. The molecule has 0 saturated carbocycles. The van der Waals surface area contributed by atoms with E-state index >= 15 is 0 Å². The molecule has 0 aliphatic heterocycles. The first-order valence-electron chi connectivity index (χ1n) is 17.6. The van der Waals surface area contributed by atoms with Crippen LogP contribution in [0.3, 0.4) is 0 Å². The lowest BCUT2D eigenvalue weighted by atomic mass is 9.91. The summed E-state index contributed by atoms with van der Waals surface area (Å²) in [4.78, 5) is 71.0. The third-order valence-corrected chi connectivity index (χ3v) is 9.58. The average Bonchev–Trinajstić information content (AvgIpc) is 3.12. The zero-order chi connectivity index (χ0) is 38.2. The highest BCUT2D eigenvalue weighted by molar-refractivity contribution is 5.95. The number of rotatable bonds is 20. The molecule has 0 heterocycles. The van der Waals surface area contributed by atoms with Gasteiger partial charge in [0.05, 0.1) is 7.11 Å². The smallest absolute Gasteiger partial charge is 0.245 e. The lowest BCUT2D eigenvalue weighted by molar-refractivity contribution is -0.148. The van der Waals surface area contributed by atoms with E-state index in [1.54, 1.807) is 52.3 Å². The minimum Gasteiger partial charge on any atom is -0.497 e. The molecule has 5 amide bonds. The van der Waals surface area contributed by atoms with Gasteiger partial charge in [0.1, 0.15) is 29.9 Å². The normalized spacial score (nSPS) is 14.4. The van der Waals surface area contributed by atoms with E-state index in [1.165, 1.54) is 28.8 Å². The Bertz CT molecular complexity index is 1490. The van der Waals surface area contributed by atoms with E-state index in [0.29, 0.717) is 18.1 Å². The van der Waals surface area contributed by atoms with Crippen LogP contribution >= 0.6 is 0 Å². The monoisotopic (exact) mass is 703 g/mol. The Morgan fingerprint density at radius 2 is 1.35 bits per heavy atom. The predicted octanol–water partition coefficient (Wildman–Crippen LogP) is 3.83. The maximum absolute atomic E-state index is 13.8. The van der Waals surface area contributed by atoms with Gasteiger partial charge in [0, 0.05) is 46.3 Å². The summed E-state index contributed by atoms with van der Waals surface area (Å²) in [5, 5.41) is 2.79. The van der Waals surface area contributed by atoms with Crippen molar-refractivity contribution in [2.75, 3.05) is 28.3 Å². The number of methoxy groups -OCH3 is 1. The van der Waals surface area contributed by atoms with Crippen molar-refractivity contribution in [3.05, 3.63) is 65.7 Å². The Hall–Kier alpha value is -4.85. The van der Waals surface area contributed by atoms with Crippen molar-refractivity contribution in [1.29, 1.82) is 0 Å². The number of hydrogen-bond acceptors (Lipinski definition) is 6. The highest BCUT2D eigenvalue weighted by atomic mass is 16.5. The van der Waals surface area contributed by atoms with E-state index in [4.69, 9.17) is 16.9 Å². The summed E-state index contributed by atoms with van der Waals surface area (Å²) in [5.74, 6) is 0.988. The second-order valence-corrected chi connectivity index (χ2v) is 13.6. The largest absolute Gasteiger partial charge is 0.497 e. The Balaban J connectivity index is 2.14. The molecule has 0 aromatic heterocycles. The molecule has 2 aromatic rings. The summed E-state index contributed by atoms with van der Waals surface area (Å²) < 4.78 is 5.19. The fraction of sp³-hybridized carbons (Fsp3) is 0.525. The number of ether oxygens (including phenoxy) is 1. The lowest BCUT2D eigenvalue weighted by Gasteiger charge is -2.34. The van der Waals surface area contributed by atoms with Crippen LogP contribution in [0.5, 0.6) is 5.75 Å². The van der Waals surface area contributed by atoms with Gasteiger partial charge in [-0.25, -0.2) is 0 Å². The molecule has 11 nitrogen and oxygen atoms in total. The highest BCUT2D eigenvalue weighted by Gasteiger charge is 2.35. The van der Waals surface area contributed by atoms with Gasteiger partial charge in [-0.15, -0.1) is 12.3 Å². The fourth-order valence-corrected chi connectivity index (χ4v) is 6.18. The average molecular weight is 704 g/mol. The van der Waals surface area contributed by atoms with Crippen molar-refractivity contribution in [3.8, 4) is 18.1 Å². The number of likely N-dealkylation sites (N-methyl/N-ethyl adjacent to an activating group) is 3. The number of benzene rings is 2. The molecule has 3 N–H and O–H groups in total. The molecule has 51 heavy (non-hydrogen) atoms. The van der Waals surface area contributed by atoms with Gasteiger partial charge >= 0.3 is 0 Å². The first kappa shape index (κ1) is 42.3. The summed E-state index contributed by atoms with van der Waals surface area (Å²) in [5.41, 5.74) is 7.34. The van der Waals surface area contributed by atoms with Gasteiger partial charge in [0.15, 0.2) is 0 Å². The van der Waals surface area contributed by atoms with Crippen LogP contribution in [0.4, 0.5) is 0 Å². The summed E-state index contributed by atoms with van der Waals surface area (Å²) >= 11 is 0. The molecular formula is C40H57N5O6. The molecule has 2 aromatic carbocycles. The van der Waals surface area contributed by atoms with Crippen molar-refractivity contribution in [2.24, 2.45) is 17.6 Å². The molecule has 0 spiro atoms. The predicted molar refractivity (Wildman–Crippen MR) is 199 cm³/mol. The summed E-state index contributed by atoms with van der Waals surface area (Å²) in [6, 6.07) is 12.6. The van der Waals surface area contributed by atoms with Crippen molar-refractivity contribution < 1.29 is 28.7 Å². The van der Waals surface area contributed by atoms with Crippen LogP contribution < -0.4 is 15.8 Å². The third kappa shape index (κ3) is 12.8. The molecule has 0 saturated heterocycles. The summed E-state index contributed by atoms with van der Waals surface area (Å²) in [7, 11) is 6.12. The molecule has 0 unspecified atom stereocenters. The van der Waals surface area contributed by atoms with Crippen LogP contribution in [-0.4, -0.2) is 96.7 Å². The van der Waals surface area contributed by atoms with Crippen LogP contribution in [0.1, 0.15) is 70.9 Å². The van der Waals surface area contributed by atoms with Crippen molar-refractivity contribution in [1.82, 2.24) is 20.0 Å². The van der Waals surface area contributed by atoms with E-state index in [0.717, 1.165) is 36.8 Å². The van der Waals surface area contributed by atoms with Crippen molar-refractivity contribution in [2.45, 2.75) is 96.8 Å². The second-order valence-electron chi connectivity index (χ2n) is 13.6. The van der Waals surface area contributed by atoms with Gasteiger partial charge in [-0.05, 0) is 55.9 Å². The number of nitrogens with two attached hydrogens (primary N) is 1. The van der Waals surface area contributed by atoms with Gasteiger partial charge in [-0.1, -0.05) is 69.2 Å². The van der Waals surface area contributed by atoms with Gasteiger partial charge in [-0.3, -0.25) is 24.0 Å². The second kappa shape index (κ2) is 20.7. The van der Waals surface area contributed by atoms with E-state index < -0.39 is 47.8 Å². The number of unbranched alkanes of at least 4 members (excludes halogenated alkanes) is 2. The summed E-state index contributed by atoms with van der Waals surface area (Å²) in [6.07, 6.45) is 10.1. The number of nitrogens with one attached hydrogen (secondary N) is 1. The highest BCUT2D eigenvalue weighted by Crippen LogP contribution is 2.22. The molecular weight excluding hydrogens is 646 g/mol. The van der Waals surface area contributed by atoms with Gasteiger partial charge < -0.3 is 30.5 Å². The number of primary amides is 1. The topological polar surface area (TPSA) is 142 Å². The molecule has 0 radical (unpaired) electrons. The van der Waals surface area contributed by atoms with Crippen LogP contribution in [-0.2, 0) is 36.8 Å². The van der Waals surface area contributed by atoms with E-state index in [-0.39, 0.29) is 24.7 Å². The maximum atomic E-state index is 13.8. The molecule has 0 aliphatic rings. The third-order valence-electron chi connectivity index (χ3n) is 9.58. The number of carbonyl (C=O) groups excluding carboxylic acids is 5. The first-order chi connectivity index (χ1) is 24.1. The maximum Gasteiger partial charge on any atom is 0.245 e. The Kier molecular flexibility index (Phi) is 17.2. The van der Waals surface area contributed by atoms with E-state index in [2.05, 4.69) is 18.2 Å². The van der Waals surface area contributed by atoms with Gasteiger partial charge in [-0.2, -0.15) is 0 Å². The molecule has 278 valence electrons. The fourth-order valence-electron chi connectivity index (χ4n) is 6.18. The number of amides is 5. The molecule has 0 aliphatic carbocycles. The lowest BCUT2D eigenvalue weighted by Crippen LogP contribution is -2.58.